The number of nitrogens with one attached hydrogen (secondary N) is 4. The summed E-state index contributed by atoms with van der Waals surface area (Å²) in [6, 6.07) is 10.7. The zero-order valence-electron chi connectivity index (χ0n) is 19.5. The summed E-state index contributed by atoms with van der Waals surface area (Å²) in [5.41, 5.74) is 1.16. The molecule has 4 rings (SSSR count). The highest BCUT2D eigenvalue weighted by atomic mass is 16.6. The number of carbonyl (C=O) groups is 2. The van der Waals surface area contributed by atoms with Crippen LogP contribution < -0.4 is 21.5 Å². The van der Waals surface area contributed by atoms with E-state index in [4.69, 9.17) is 0 Å². The van der Waals surface area contributed by atoms with Crippen molar-refractivity contribution in [2.24, 2.45) is 0 Å². The summed E-state index contributed by atoms with van der Waals surface area (Å²) in [5, 5.41) is 21.2. The Labute approximate surface area is 201 Å². The fraction of sp³-hybridized carbons (Fsp3) is 0.320. The molecule has 1 saturated carbocycles. The Morgan fingerprint density at radius 3 is 2.46 bits per heavy atom. The number of amides is 2. The van der Waals surface area contributed by atoms with Gasteiger partial charge in [0, 0.05) is 42.2 Å². The van der Waals surface area contributed by atoms with E-state index in [1.807, 2.05) is 0 Å². The van der Waals surface area contributed by atoms with Gasteiger partial charge in [-0.25, -0.2) is 0 Å². The first kappa shape index (κ1) is 23.9. The van der Waals surface area contributed by atoms with Crippen molar-refractivity contribution in [2.45, 2.75) is 44.7 Å². The number of anilines is 1. The van der Waals surface area contributed by atoms with Crippen molar-refractivity contribution < 1.29 is 14.5 Å². The Hall–Kier alpha value is -4.21. The molecule has 1 aromatic heterocycles. The number of fused-ring (bicyclic) bond motifs is 1. The molecule has 1 aliphatic carbocycles. The Bertz CT molecular complexity index is 1370. The van der Waals surface area contributed by atoms with Crippen LogP contribution in [0.1, 0.15) is 52.0 Å². The Morgan fingerprint density at radius 1 is 1.03 bits per heavy atom. The Balaban J connectivity index is 1.66. The summed E-state index contributed by atoms with van der Waals surface area (Å²) in [4.78, 5) is 51.9. The number of rotatable bonds is 6. The quantitative estimate of drug-likeness (QED) is 0.317. The minimum atomic E-state index is -0.513. The predicted octanol–water partition coefficient (Wildman–Crippen LogP) is 3.26. The number of carbonyl (C=O) groups excluding carboxylic acids is 2. The second kappa shape index (κ2) is 9.96. The summed E-state index contributed by atoms with van der Waals surface area (Å²) < 4.78 is 0. The third-order valence-corrected chi connectivity index (χ3v) is 6.34. The molecule has 182 valence electrons. The Kier molecular flexibility index (Phi) is 6.81. The number of aryl methyl sites for hydroxylation is 1. The van der Waals surface area contributed by atoms with Crippen LogP contribution in [0.5, 0.6) is 0 Å². The number of aromatic amines is 1. The summed E-state index contributed by atoms with van der Waals surface area (Å²) in [6.07, 6.45) is 3.04. The minimum absolute atomic E-state index is 0.132. The van der Waals surface area contributed by atoms with Crippen molar-refractivity contribution in [3.05, 3.63) is 79.6 Å². The van der Waals surface area contributed by atoms with Gasteiger partial charge in [0.15, 0.2) is 0 Å². The molecule has 10 heteroatoms. The zero-order valence-corrected chi connectivity index (χ0v) is 19.5. The van der Waals surface area contributed by atoms with Crippen molar-refractivity contribution in [3.63, 3.8) is 0 Å². The van der Waals surface area contributed by atoms with E-state index in [0.29, 0.717) is 29.3 Å². The van der Waals surface area contributed by atoms with Gasteiger partial charge in [-0.05, 0) is 37.5 Å². The van der Waals surface area contributed by atoms with Gasteiger partial charge in [-0.3, -0.25) is 24.5 Å². The number of pyridine rings is 1. The number of benzene rings is 2. The molecule has 0 radical (unpaired) electrons. The molecule has 10 nitrogen and oxygen atoms in total. The van der Waals surface area contributed by atoms with E-state index in [-0.39, 0.29) is 40.1 Å². The second-order valence-electron chi connectivity index (χ2n) is 8.75. The fourth-order valence-electron chi connectivity index (χ4n) is 4.68. The molecule has 1 aliphatic rings. The third-order valence-electron chi connectivity index (χ3n) is 6.34. The van der Waals surface area contributed by atoms with Crippen molar-refractivity contribution in [3.8, 4) is 0 Å². The van der Waals surface area contributed by atoms with Gasteiger partial charge in [0.05, 0.1) is 16.1 Å². The molecule has 1 heterocycles. The lowest BCUT2D eigenvalue weighted by Crippen LogP contribution is -2.49. The van der Waals surface area contributed by atoms with E-state index < -0.39 is 16.7 Å². The molecule has 3 aromatic rings. The highest BCUT2D eigenvalue weighted by Crippen LogP contribution is 2.33. The maximum atomic E-state index is 13.3. The molecule has 0 unspecified atom stereocenters. The number of hydrogen-bond donors (Lipinski definition) is 4. The number of nitrogens with zero attached hydrogens (tertiary/aromatic N) is 1. The van der Waals surface area contributed by atoms with Crippen LogP contribution in [0.3, 0.4) is 0 Å². The minimum Gasteiger partial charge on any atom is -0.374 e. The van der Waals surface area contributed by atoms with Gasteiger partial charge in [0.2, 0.25) is 5.56 Å². The summed E-state index contributed by atoms with van der Waals surface area (Å²) in [5.74, 6) is -0.832. The molecule has 1 fully saturated rings. The van der Waals surface area contributed by atoms with Crippen LogP contribution in [0.15, 0.2) is 47.3 Å². The number of nitro benzene ring substituents is 1. The monoisotopic (exact) mass is 477 g/mol. The van der Waals surface area contributed by atoms with E-state index in [0.717, 1.165) is 12.8 Å². The summed E-state index contributed by atoms with van der Waals surface area (Å²) in [6.45, 7) is 1.69. The first-order valence-corrected chi connectivity index (χ1v) is 11.5. The molecule has 2 atom stereocenters. The molecule has 0 saturated heterocycles. The molecule has 0 spiro atoms. The van der Waals surface area contributed by atoms with Crippen molar-refractivity contribution in [2.75, 3.05) is 12.4 Å². The largest absolute Gasteiger partial charge is 0.374 e. The maximum absolute atomic E-state index is 13.3. The zero-order chi connectivity index (χ0) is 25.1. The van der Waals surface area contributed by atoms with Crippen LogP contribution in [-0.4, -0.2) is 40.9 Å². The molecule has 2 amide bonds. The lowest BCUT2D eigenvalue weighted by molar-refractivity contribution is -0.384. The Morgan fingerprint density at radius 2 is 1.74 bits per heavy atom. The van der Waals surface area contributed by atoms with Crippen molar-refractivity contribution in [1.29, 1.82) is 0 Å². The van der Waals surface area contributed by atoms with Crippen molar-refractivity contribution in [1.82, 2.24) is 15.6 Å². The van der Waals surface area contributed by atoms with E-state index in [1.165, 1.54) is 19.2 Å². The molecule has 0 bridgehead atoms. The normalized spacial score (nSPS) is 17.5. The number of para-hydroxylation sites is 1. The SMILES string of the molecule is CNC(=O)c1cc(C)cc([N+](=O)[O-])c1N[C@@H]1CCCC[C@@H]1NC(=O)c1cc(=O)[nH]c2ccccc12. The molecular weight excluding hydrogens is 450 g/mol. The average Bonchev–Trinajstić information content (AvgIpc) is 2.84. The van der Waals surface area contributed by atoms with Gasteiger partial charge >= 0.3 is 0 Å². The second-order valence-corrected chi connectivity index (χ2v) is 8.75. The van der Waals surface area contributed by atoms with Crippen LogP contribution in [0.25, 0.3) is 10.9 Å². The fourth-order valence-corrected chi connectivity index (χ4v) is 4.68. The number of nitro groups is 1. The van der Waals surface area contributed by atoms with E-state index in [2.05, 4.69) is 20.9 Å². The molecule has 0 aliphatic heterocycles. The third kappa shape index (κ3) is 5.01. The smallest absolute Gasteiger partial charge is 0.293 e. The van der Waals surface area contributed by atoms with Gasteiger partial charge in [0.25, 0.3) is 17.5 Å². The first-order valence-electron chi connectivity index (χ1n) is 11.5. The van der Waals surface area contributed by atoms with Gasteiger partial charge in [0.1, 0.15) is 5.69 Å². The maximum Gasteiger partial charge on any atom is 0.293 e. The topological polar surface area (TPSA) is 146 Å². The summed E-state index contributed by atoms with van der Waals surface area (Å²) >= 11 is 0. The number of H-pyrrole nitrogens is 1. The molecular formula is C25H27N5O5. The molecule has 4 N–H and O–H groups in total. The highest BCUT2D eigenvalue weighted by Gasteiger charge is 2.31. The van der Waals surface area contributed by atoms with Crippen LogP contribution >= 0.6 is 0 Å². The lowest BCUT2D eigenvalue weighted by atomic mass is 9.89. The van der Waals surface area contributed by atoms with E-state index >= 15 is 0 Å². The number of aromatic nitrogens is 1. The standard InChI is InChI=1S/C25H27N5O5/c1-14-11-17(24(32)26-2)23(21(12-14)30(34)35)28-19-9-5-6-10-20(19)29-25(33)16-13-22(31)27-18-8-4-3-7-15(16)18/h3-4,7-8,11-13,19-20,28H,5-6,9-10H2,1-2H3,(H,26,32)(H,27,31)(H,29,33)/t19-,20+/m1/s1. The van der Waals surface area contributed by atoms with Crippen LogP contribution in [-0.2, 0) is 0 Å². The first-order chi connectivity index (χ1) is 16.8. The van der Waals surface area contributed by atoms with Gasteiger partial charge in [-0.15, -0.1) is 0 Å². The lowest BCUT2D eigenvalue weighted by Gasteiger charge is -2.34. The van der Waals surface area contributed by atoms with E-state index in [9.17, 15) is 24.5 Å². The average molecular weight is 478 g/mol. The summed E-state index contributed by atoms with van der Waals surface area (Å²) in [7, 11) is 1.47. The van der Waals surface area contributed by atoms with Crippen molar-refractivity contribution >= 4 is 34.1 Å². The van der Waals surface area contributed by atoms with Crippen LogP contribution in [0.4, 0.5) is 11.4 Å². The van der Waals surface area contributed by atoms with Gasteiger partial charge in [-0.2, -0.15) is 0 Å². The highest BCUT2D eigenvalue weighted by molar-refractivity contribution is 6.06. The van der Waals surface area contributed by atoms with E-state index in [1.54, 1.807) is 37.3 Å². The van der Waals surface area contributed by atoms with Gasteiger partial charge in [-0.1, -0.05) is 31.0 Å². The van der Waals surface area contributed by atoms with Crippen LogP contribution in [0.2, 0.25) is 0 Å². The molecule has 35 heavy (non-hydrogen) atoms. The van der Waals surface area contributed by atoms with Gasteiger partial charge < -0.3 is 20.9 Å². The van der Waals surface area contributed by atoms with Crippen LogP contribution in [0, 0.1) is 17.0 Å². The molecule has 2 aromatic carbocycles. The number of hydrogen-bond acceptors (Lipinski definition) is 6. The predicted molar refractivity (Wildman–Crippen MR) is 133 cm³/mol.